The molecule has 0 spiro atoms. The van der Waals surface area contributed by atoms with Crippen molar-refractivity contribution >= 4 is 45.4 Å². The molecular weight excluding hydrogens is 380 g/mol. The Morgan fingerprint density at radius 2 is 2.04 bits per heavy atom. The smallest absolute Gasteiger partial charge is 0.336 e. The number of hydrogen-bond acceptors (Lipinski definition) is 4. The number of hydrogen-bond donors (Lipinski definition) is 1. The van der Waals surface area contributed by atoms with Gasteiger partial charge in [0.2, 0.25) is 0 Å². The van der Waals surface area contributed by atoms with Crippen LogP contribution < -0.4 is 5.63 Å². The van der Waals surface area contributed by atoms with Crippen molar-refractivity contribution in [2.24, 2.45) is 0 Å². The van der Waals surface area contributed by atoms with E-state index in [1.54, 1.807) is 17.8 Å². The predicted octanol–water partition coefficient (Wildman–Crippen LogP) is 6.05. The molecule has 0 aliphatic heterocycles. The van der Waals surface area contributed by atoms with Gasteiger partial charge in [-0.05, 0) is 59.9 Å². The normalized spacial score (nSPS) is 11.7. The monoisotopic (exact) mass is 398 g/mol. The molecule has 1 N–H and O–H groups in total. The van der Waals surface area contributed by atoms with Crippen LogP contribution in [0.25, 0.3) is 22.0 Å². The Morgan fingerprint density at radius 3 is 2.81 bits per heavy atom. The van der Waals surface area contributed by atoms with E-state index in [2.05, 4.69) is 36.8 Å². The van der Waals surface area contributed by atoms with Gasteiger partial charge in [-0.2, -0.15) is 0 Å². The van der Waals surface area contributed by atoms with Crippen LogP contribution in [0.2, 0.25) is 5.02 Å². The van der Waals surface area contributed by atoms with Gasteiger partial charge in [-0.15, -0.1) is 0 Å². The SMILES string of the molecule is Cc1cc2oc(=O)cc(CSc3nc4ccc(Cl)cc4[nH]3)c2cc1C(C)C. The van der Waals surface area contributed by atoms with Crippen molar-refractivity contribution in [1.29, 1.82) is 0 Å². The van der Waals surface area contributed by atoms with Gasteiger partial charge in [0.25, 0.3) is 0 Å². The topological polar surface area (TPSA) is 58.9 Å². The number of rotatable bonds is 4. The first kappa shape index (κ1) is 18.1. The number of nitrogens with one attached hydrogen (secondary N) is 1. The first-order valence-corrected chi connectivity index (χ1v) is 10.1. The molecular formula is C21H19ClN2O2S. The van der Waals surface area contributed by atoms with E-state index in [9.17, 15) is 4.79 Å². The summed E-state index contributed by atoms with van der Waals surface area (Å²) in [7, 11) is 0. The lowest BCUT2D eigenvalue weighted by Gasteiger charge is -2.12. The minimum Gasteiger partial charge on any atom is -0.423 e. The number of nitrogens with zero attached hydrogens (tertiary/aromatic N) is 1. The largest absolute Gasteiger partial charge is 0.423 e. The molecule has 0 unspecified atom stereocenters. The molecule has 2 aromatic carbocycles. The molecule has 0 aliphatic rings. The molecule has 0 bridgehead atoms. The maximum Gasteiger partial charge on any atom is 0.336 e. The van der Waals surface area contributed by atoms with Crippen LogP contribution in [0.4, 0.5) is 0 Å². The first-order valence-electron chi connectivity index (χ1n) is 8.76. The van der Waals surface area contributed by atoms with E-state index < -0.39 is 0 Å². The van der Waals surface area contributed by atoms with Crippen LogP contribution in [-0.2, 0) is 5.75 Å². The Kier molecular flexibility index (Phi) is 4.74. The summed E-state index contributed by atoms with van der Waals surface area (Å²) in [6.07, 6.45) is 0. The van der Waals surface area contributed by atoms with Crippen LogP contribution in [0.5, 0.6) is 0 Å². The molecule has 4 aromatic rings. The summed E-state index contributed by atoms with van der Waals surface area (Å²) in [4.78, 5) is 19.9. The molecule has 27 heavy (non-hydrogen) atoms. The second-order valence-electron chi connectivity index (χ2n) is 6.94. The number of aryl methyl sites for hydroxylation is 1. The van der Waals surface area contributed by atoms with E-state index in [-0.39, 0.29) is 5.63 Å². The van der Waals surface area contributed by atoms with Crippen LogP contribution in [0.3, 0.4) is 0 Å². The van der Waals surface area contributed by atoms with Crippen LogP contribution in [-0.4, -0.2) is 9.97 Å². The summed E-state index contributed by atoms with van der Waals surface area (Å²) in [6.45, 7) is 6.39. The fourth-order valence-corrected chi connectivity index (χ4v) is 4.35. The number of thioether (sulfide) groups is 1. The maximum atomic E-state index is 12.0. The van der Waals surface area contributed by atoms with Crippen LogP contribution in [0.15, 0.2) is 50.8 Å². The van der Waals surface area contributed by atoms with Gasteiger partial charge in [-0.3, -0.25) is 0 Å². The Bertz CT molecular complexity index is 1210. The summed E-state index contributed by atoms with van der Waals surface area (Å²) in [5, 5.41) is 2.45. The molecule has 0 aliphatic carbocycles. The minimum atomic E-state index is -0.328. The molecule has 0 saturated carbocycles. The molecule has 4 nitrogen and oxygen atoms in total. The van der Waals surface area contributed by atoms with E-state index in [1.165, 1.54) is 5.56 Å². The van der Waals surface area contributed by atoms with Gasteiger partial charge >= 0.3 is 5.63 Å². The van der Waals surface area contributed by atoms with Crippen molar-refractivity contribution in [2.75, 3.05) is 0 Å². The number of imidazole rings is 1. The van der Waals surface area contributed by atoms with Crippen molar-refractivity contribution in [1.82, 2.24) is 9.97 Å². The van der Waals surface area contributed by atoms with E-state index >= 15 is 0 Å². The van der Waals surface area contributed by atoms with Gasteiger partial charge in [-0.1, -0.05) is 37.2 Å². The van der Waals surface area contributed by atoms with Gasteiger partial charge in [0.05, 0.1) is 11.0 Å². The molecule has 0 amide bonds. The lowest BCUT2D eigenvalue weighted by atomic mass is 9.95. The van der Waals surface area contributed by atoms with Gasteiger partial charge in [-0.25, -0.2) is 9.78 Å². The van der Waals surface area contributed by atoms with E-state index in [4.69, 9.17) is 16.0 Å². The molecule has 2 aromatic heterocycles. The minimum absolute atomic E-state index is 0.328. The van der Waals surface area contributed by atoms with Gasteiger partial charge in [0.15, 0.2) is 5.16 Å². The average Bonchev–Trinajstić information content (AvgIpc) is 3.00. The Balaban J connectivity index is 1.71. The van der Waals surface area contributed by atoms with Crippen LogP contribution in [0.1, 0.15) is 36.5 Å². The Hall–Kier alpha value is -2.24. The predicted molar refractivity (Wildman–Crippen MR) is 112 cm³/mol. The molecule has 2 heterocycles. The first-order chi connectivity index (χ1) is 12.9. The summed E-state index contributed by atoms with van der Waals surface area (Å²) in [5.74, 6) is 1.03. The van der Waals surface area contributed by atoms with Crippen molar-refractivity contribution in [3.05, 3.63) is 68.5 Å². The van der Waals surface area contributed by atoms with E-state index in [1.807, 2.05) is 24.3 Å². The molecule has 0 radical (unpaired) electrons. The number of halogens is 1. The fraction of sp³-hybridized carbons (Fsp3) is 0.238. The Labute approximate surface area is 165 Å². The molecule has 0 fully saturated rings. The summed E-state index contributed by atoms with van der Waals surface area (Å²) in [6, 6.07) is 11.3. The molecule has 6 heteroatoms. The highest BCUT2D eigenvalue weighted by Gasteiger charge is 2.12. The number of fused-ring (bicyclic) bond motifs is 2. The summed E-state index contributed by atoms with van der Waals surface area (Å²) < 4.78 is 5.43. The van der Waals surface area contributed by atoms with Crippen LogP contribution >= 0.6 is 23.4 Å². The van der Waals surface area contributed by atoms with E-state index in [0.717, 1.165) is 32.7 Å². The third-order valence-electron chi connectivity index (χ3n) is 4.63. The van der Waals surface area contributed by atoms with Gasteiger partial charge in [0.1, 0.15) is 5.58 Å². The highest BCUT2D eigenvalue weighted by Crippen LogP contribution is 2.30. The summed E-state index contributed by atoms with van der Waals surface area (Å²) in [5.41, 5.74) is 5.44. The third-order valence-corrected chi connectivity index (χ3v) is 5.78. The zero-order valence-electron chi connectivity index (χ0n) is 15.3. The van der Waals surface area contributed by atoms with Gasteiger partial charge < -0.3 is 9.40 Å². The summed E-state index contributed by atoms with van der Waals surface area (Å²) >= 11 is 7.59. The lowest BCUT2D eigenvalue weighted by Crippen LogP contribution is -2.02. The zero-order valence-corrected chi connectivity index (χ0v) is 16.9. The zero-order chi connectivity index (χ0) is 19.1. The second kappa shape index (κ2) is 7.06. The van der Waals surface area contributed by atoms with E-state index in [0.29, 0.717) is 22.3 Å². The van der Waals surface area contributed by atoms with Crippen molar-refractivity contribution < 1.29 is 4.42 Å². The lowest BCUT2D eigenvalue weighted by molar-refractivity contribution is 0.559. The van der Waals surface area contributed by atoms with Crippen LogP contribution in [0, 0.1) is 6.92 Å². The second-order valence-corrected chi connectivity index (χ2v) is 8.34. The number of aromatic amines is 1. The number of H-pyrrole nitrogens is 1. The maximum absolute atomic E-state index is 12.0. The molecule has 0 atom stereocenters. The third kappa shape index (κ3) is 3.62. The van der Waals surface area contributed by atoms with Crippen molar-refractivity contribution in [2.45, 2.75) is 37.6 Å². The Morgan fingerprint density at radius 1 is 1.22 bits per heavy atom. The quantitative estimate of drug-likeness (QED) is 0.336. The molecule has 138 valence electrons. The highest BCUT2D eigenvalue weighted by molar-refractivity contribution is 7.98. The molecule has 4 rings (SSSR count). The fourth-order valence-electron chi connectivity index (χ4n) is 3.31. The number of benzene rings is 2. The highest BCUT2D eigenvalue weighted by atomic mass is 35.5. The van der Waals surface area contributed by atoms with Crippen molar-refractivity contribution in [3.8, 4) is 0 Å². The number of aromatic nitrogens is 2. The average molecular weight is 399 g/mol. The molecule has 0 saturated heterocycles. The van der Waals surface area contributed by atoms with Crippen molar-refractivity contribution in [3.63, 3.8) is 0 Å². The standard InChI is InChI=1S/C21H19ClN2O2S/c1-11(2)15-9-16-13(7-20(25)26-19(16)6-12(15)3)10-27-21-23-17-5-4-14(22)8-18(17)24-21/h4-9,11H,10H2,1-3H3,(H,23,24). The van der Waals surface area contributed by atoms with Gasteiger partial charge in [0, 0.05) is 22.2 Å².